The SMILES string of the molecule is O=C(NCCCCCCCCNC(=O)N(CCO)CCO)N(CCO)CCO. The van der Waals surface area contributed by atoms with E-state index in [2.05, 4.69) is 10.6 Å². The lowest BCUT2D eigenvalue weighted by atomic mass is 10.1. The zero-order valence-corrected chi connectivity index (χ0v) is 16.8. The molecule has 0 aromatic carbocycles. The van der Waals surface area contributed by atoms with Gasteiger partial charge in [0.15, 0.2) is 0 Å². The van der Waals surface area contributed by atoms with E-state index in [1.165, 1.54) is 9.80 Å². The molecule has 0 aliphatic heterocycles. The van der Waals surface area contributed by atoms with Gasteiger partial charge in [0.05, 0.1) is 26.4 Å². The van der Waals surface area contributed by atoms with Crippen LogP contribution in [0.2, 0.25) is 0 Å². The summed E-state index contributed by atoms with van der Waals surface area (Å²) in [5, 5.41) is 41.2. The predicted molar refractivity (Wildman–Crippen MR) is 106 cm³/mol. The van der Waals surface area contributed by atoms with Crippen LogP contribution in [0.3, 0.4) is 0 Å². The number of nitrogens with one attached hydrogen (secondary N) is 2. The zero-order valence-electron chi connectivity index (χ0n) is 16.8. The maximum Gasteiger partial charge on any atom is 0.317 e. The van der Waals surface area contributed by atoms with Crippen molar-refractivity contribution in [2.45, 2.75) is 38.5 Å². The maximum atomic E-state index is 11.8. The van der Waals surface area contributed by atoms with Gasteiger partial charge in [0, 0.05) is 39.3 Å². The Morgan fingerprint density at radius 1 is 0.536 bits per heavy atom. The number of urea groups is 2. The molecule has 0 atom stereocenters. The molecule has 0 saturated heterocycles. The van der Waals surface area contributed by atoms with Crippen molar-refractivity contribution >= 4 is 12.1 Å². The van der Waals surface area contributed by atoms with E-state index in [9.17, 15) is 9.59 Å². The minimum atomic E-state index is -0.268. The van der Waals surface area contributed by atoms with Gasteiger partial charge < -0.3 is 40.9 Å². The molecule has 0 bridgehead atoms. The number of hydrogen-bond acceptors (Lipinski definition) is 6. The summed E-state index contributed by atoms with van der Waals surface area (Å²) in [6.45, 7) is 1.44. The Kier molecular flexibility index (Phi) is 17.6. The van der Waals surface area contributed by atoms with E-state index in [4.69, 9.17) is 20.4 Å². The molecule has 0 fully saturated rings. The second-order valence-corrected chi connectivity index (χ2v) is 6.45. The molecule has 0 aromatic rings. The third kappa shape index (κ3) is 13.5. The number of nitrogens with zero attached hydrogens (tertiary/aromatic N) is 2. The summed E-state index contributed by atoms with van der Waals surface area (Å²) in [7, 11) is 0. The van der Waals surface area contributed by atoms with Crippen molar-refractivity contribution in [3.8, 4) is 0 Å². The Labute approximate surface area is 167 Å². The molecule has 28 heavy (non-hydrogen) atoms. The van der Waals surface area contributed by atoms with Crippen LogP contribution < -0.4 is 10.6 Å². The van der Waals surface area contributed by atoms with E-state index in [1.54, 1.807) is 0 Å². The fraction of sp³-hybridized carbons (Fsp3) is 0.889. The first-order chi connectivity index (χ1) is 13.6. The summed E-state index contributed by atoms with van der Waals surface area (Å²) in [5.74, 6) is 0. The highest BCUT2D eigenvalue weighted by Crippen LogP contribution is 2.04. The third-order valence-electron chi connectivity index (χ3n) is 4.21. The van der Waals surface area contributed by atoms with Gasteiger partial charge in [-0.3, -0.25) is 0 Å². The smallest absolute Gasteiger partial charge is 0.317 e. The monoisotopic (exact) mass is 406 g/mol. The second-order valence-electron chi connectivity index (χ2n) is 6.45. The van der Waals surface area contributed by atoms with Crippen molar-refractivity contribution in [2.24, 2.45) is 0 Å². The number of amides is 4. The number of aliphatic hydroxyl groups excluding tert-OH is 4. The molecule has 4 amide bonds. The van der Waals surface area contributed by atoms with E-state index in [-0.39, 0.29) is 64.7 Å². The van der Waals surface area contributed by atoms with E-state index < -0.39 is 0 Å². The number of aliphatic hydroxyl groups is 4. The van der Waals surface area contributed by atoms with Crippen molar-refractivity contribution in [3.63, 3.8) is 0 Å². The molecule has 0 radical (unpaired) electrons. The number of unbranched alkanes of at least 4 members (excludes halogenated alkanes) is 5. The summed E-state index contributed by atoms with van der Waals surface area (Å²) < 4.78 is 0. The molecule has 0 heterocycles. The minimum Gasteiger partial charge on any atom is -0.395 e. The summed E-state index contributed by atoms with van der Waals surface area (Å²) in [4.78, 5) is 26.5. The van der Waals surface area contributed by atoms with Crippen LogP contribution >= 0.6 is 0 Å². The van der Waals surface area contributed by atoms with Crippen LogP contribution in [0.15, 0.2) is 0 Å². The molecular formula is C18H38N4O6. The summed E-state index contributed by atoms with van der Waals surface area (Å²) in [6.07, 6.45) is 5.81. The Morgan fingerprint density at radius 2 is 0.821 bits per heavy atom. The van der Waals surface area contributed by atoms with E-state index in [0.29, 0.717) is 13.1 Å². The molecule has 0 unspecified atom stereocenters. The van der Waals surface area contributed by atoms with Gasteiger partial charge in [-0.15, -0.1) is 0 Å². The highest BCUT2D eigenvalue weighted by atomic mass is 16.3. The van der Waals surface area contributed by atoms with Gasteiger partial charge >= 0.3 is 12.1 Å². The minimum absolute atomic E-state index is 0.130. The van der Waals surface area contributed by atoms with E-state index in [0.717, 1.165) is 38.5 Å². The molecule has 0 saturated carbocycles. The Balaban J connectivity index is 3.61. The molecule has 6 N–H and O–H groups in total. The second kappa shape index (κ2) is 18.7. The lowest BCUT2D eigenvalue weighted by Gasteiger charge is -2.21. The van der Waals surface area contributed by atoms with Gasteiger partial charge in [0.25, 0.3) is 0 Å². The van der Waals surface area contributed by atoms with Crippen molar-refractivity contribution in [3.05, 3.63) is 0 Å². The molecule has 0 aromatic heterocycles. The first-order valence-corrected chi connectivity index (χ1v) is 10.1. The van der Waals surface area contributed by atoms with Crippen LogP contribution in [0.5, 0.6) is 0 Å². The third-order valence-corrected chi connectivity index (χ3v) is 4.21. The first kappa shape index (κ1) is 26.4. The topological polar surface area (TPSA) is 146 Å². The Bertz CT molecular complexity index is 352. The number of hydrogen-bond donors (Lipinski definition) is 6. The van der Waals surface area contributed by atoms with Crippen molar-refractivity contribution < 1.29 is 30.0 Å². The summed E-state index contributed by atoms with van der Waals surface area (Å²) in [6, 6.07) is -0.537. The molecule has 0 aliphatic carbocycles. The highest BCUT2D eigenvalue weighted by molar-refractivity contribution is 5.74. The average molecular weight is 407 g/mol. The summed E-state index contributed by atoms with van der Waals surface area (Å²) >= 11 is 0. The molecule has 0 spiro atoms. The fourth-order valence-corrected chi connectivity index (χ4v) is 2.68. The number of carbonyl (C=O) groups is 2. The zero-order chi connectivity index (χ0) is 21.0. The normalized spacial score (nSPS) is 10.6. The molecule has 166 valence electrons. The Hall–Kier alpha value is -1.62. The summed E-state index contributed by atoms with van der Waals surface area (Å²) in [5.41, 5.74) is 0. The van der Waals surface area contributed by atoms with Crippen LogP contribution in [-0.4, -0.2) is 108 Å². The van der Waals surface area contributed by atoms with Gasteiger partial charge in [0.1, 0.15) is 0 Å². The van der Waals surface area contributed by atoms with Gasteiger partial charge in [-0.05, 0) is 12.8 Å². The Morgan fingerprint density at radius 3 is 1.11 bits per heavy atom. The van der Waals surface area contributed by atoms with Crippen LogP contribution in [0.4, 0.5) is 9.59 Å². The molecule has 0 aliphatic rings. The predicted octanol–water partition coefficient (Wildman–Crippen LogP) is -0.681. The van der Waals surface area contributed by atoms with Gasteiger partial charge in [0.2, 0.25) is 0 Å². The molecular weight excluding hydrogens is 368 g/mol. The molecule has 10 heteroatoms. The molecule has 10 nitrogen and oxygen atoms in total. The van der Waals surface area contributed by atoms with Crippen molar-refractivity contribution in [1.82, 2.24) is 20.4 Å². The molecule has 0 rings (SSSR count). The quantitative estimate of drug-likeness (QED) is 0.177. The van der Waals surface area contributed by atoms with Gasteiger partial charge in [-0.25, -0.2) is 9.59 Å². The largest absolute Gasteiger partial charge is 0.395 e. The van der Waals surface area contributed by atoms with E-state index >= 15 is 0 Å². The lowest BCUT2D eigenvalue weighted by Crippen LogP contribution is -2.43. The number of carbonyl (C=O) groups excluding carboxylic acids is 2. The first-order valence-electron chi connectivity index (χ1n) is 10.1. The maximum absolute atomic E-state index is 11.8. The number of rotatable bonds is 17. The average Bonchev–Trinajstić information content (AvgIpc) is 2.68. The lowest BCUT2D eigenvalue weighted by molar-refractivity contribution is 0.158. The fourth-order valence-electron chi connectivity index (χ4n) is 2.68. The van der Waals surface area contributed by atoms with Gasteiger partial charge in [-0.2, -0.15) is 0 Å². The standard InChI is InChI=1S/C18H38N4O6/c23-13-9-21(10-14-24)17(27)19-7-5-3-1-2-4-6-8-20-18(28)22(11-15-25)12-16-26/h23-26H,1-16H2,(H,19,27)(H,20,28). The van der Waals surface area contributed by atoms with Crippen molar-refractivity contribution in [1.29, 1.82) is 0 Å². The van der Waals surface area contributed by atoms with Crippen LogP contribution in [-0.2, 0) is 0 Å². The van der Waals surface area contributed by atoms with E-state index in [1.807, 2.05) is 0 Å². The van der Waals surface area contributed by atoms with Crippen LogP contribution in [0.1, 0.15) is 38.5 Å². The van der Waals surface area contributed by atoms with Crippen LogP contribution in [0.25, 0.3) is 0 Å². The van der Waals surface area contributed by atoms with Gasteiger partial charge in [-0.1, -0.05) is 25.7 Å². The van der Waals surface area contributed by atoms with Crippen LogP contribution in [0, 0.1) is 0 Å². The van der Waals surface area contributed by atoms with Crippen molar-refractivity contribution in [2.75, 3.05) is 65.7 Å². The highest BCUT2D eigenvalue weighted by Gasteiger charge is 2.12.